The Balaban J connectivity index is 2.98. The van der Waals surface area contributed by atoms with E-state index in [9.17, 15) is 4.79 Å². The summed E-state index contributed by atoms with van der Waals surface area (Å²) in [6.07, 6.45) is 0.439. The monoisotopic (exact) mass is 224 g/mol. The molecule has 2 nitrogen and oxygen atoms in total. The van der Waals surface area contributed by atoms with Gasteiger partial charge in [0, 0.05) is 21.5 Å². The number of Topliss-reactive ketones (excluding diaryl/α,β-unsaturated/α-hetero) is 1. The lowest BCUT2D eigenvalue weighted by molar-refractivity contribution is 0.0965. The Morgan fingerprint density at radius 1 is 1.27 bits per heavy atom. The maximum atomic E-state index is 11.9. The molecule has 1 atom stereocenters. The molecule has 0 radical (unpaired) electrons. The van der Waals surface area contributed by atoms with Crippen LogP contribution in [0, 0.1) is 20.8 Å². The van der Waals surface area contributed by atoms with Crippen LogP contribution in [0.2, 0.25) is 0 Å². The van der Waals surface area contributed by atoms with Crippen molar-refractivity contribution < 1.29 is 9.32 Å². The van der Waals surface area contributed by atoms with Gasteiger partial charge in [0.05, 0.1) is 6.61 Å². The first-order chi connectivity index (χ1) is 7.06. The SMILES string of the molecule is Cc1cc(C)c(C(=O)CCOP)c(C)c1. The Morgan fingerprint density at radius 2 is 1.80 bits per heavy atom. The van der Waals surface area contributed by atoms with Gasteiger partial charge >= 0.3 is 0 Å². The molecule has 1 aromatic carbocycles. The minimum atomic E-state index is 0.160. The van der Waals surface area contributed by atoms with Crippen molar-refractivity contribution in [2.75, 3.05) is 6.61 Å². The van der Waals surface area contributed by atoms with Crippen molar-refractivity contribution in [1.82, 2.24) is 0 Å². The minimum Gasteiger partial charge on any atom is -0.365 e. The Labute approximate surface area is 93.3 Å². The van der Waals surface area contributed by atoms with E-state index in [-0.39, 0.29) is 5.78 Å². The van der Waals surface area contributed by atoms with Crippen molar-refractivity contribution in [3.05, 3.63) is 34.4 Å². The van der Waals surface area contributed by atoms with Crippen molar-refractivity contribution in [1.29, 1.82) is 0 Å². The summed E-state index contributed by atoms with van der Waals surface area (Å²) in [6, 6.07) is 4.09. The van der Waals surface area contributed by atoms with Gasteiger partial charge in [-0.25, -0.2) is 0 Å². The maximum Gasteiger partial charge on any atom is 0.165 e. The summed E-state index contributed by atoms with van der Waals surface area (Å²) < 4.78 is 4.83. The summed E-state index contributed by atoms with van der Waals surface area (Å²) in [5, 5.41) is 0. The Hall–Kier alpha value is -0.720. The molecule has 0 aliphatic rings. The number of carbonyl (C=O) groups excluding carboxylic acids is 1. The largest absolute Gasteiger partial charge is 0.365 e. The third-order valence-electron chi connectivity index (χ3n) is 2.40. The zero-order valence-corrected chi connectivity index (χ0v) is 10.6. The van der Waals surface area contributed by atoms with Crippen LogP contribution in [-0.4, -0.2) is 12.4 Å². The Morgan fingerprint density at radius 3 is 2.27 bits per heavy atom. The van der Waals surface area contributed by atoms with Crippen LogP contribution in [0.15, 0.2) is 12.1 Å². The highest BCUT2D eigenvalue weighted by Crippen LogP contribution is 2.18. The first-order valence-corrected chi connectivity index (χ1v) is 5.46. The number of ketones is 1. The van der Waals surface area contributed by atoms with Gasteiger partial charge in [0.1, 0.15) is 0 Å². The molecular weight excluding hydrogens is 207 g/mol. The van der Waals surface area contributed by atoms with Crippen LogP contribution >= 0.6 is 9.47 Å². The molecule has 0 spiro atoms. The van der Waals surface area contributed by atoms with Crippen molar-refractivity contribution in [3.8, 4) is 0 Å². The number of hydrogen-bond donors (Lipinski definition) is 0. The lowest BCUT2D eigenvalue weighted by Gasteiger charge is -2.09. The van der Waals surface area contributed by atoms with E-state index < -0.39 is 0 Å². The van der Waals surface area contributed by atoms with E-state index >= 15 is 0 Å². The van der Waals surface area contributed by atoms with Gasteiger partial charge in [-0.2, -0.15) is 0 Å². The molecule has 0 N–H and O–H groups in total. The summed E-state index contributed by atoms with van der Waals surface area (Å²) in [5.74, 6) is 0.160. The van der Waals surface area contributed by atoms with Crippen molar-refractivity contribution >= 4 is 15.2 Å². The van der Waals surface area contributed by atoms with E-state index in [1.54, 1.807) is 0 Å². The van der Waals surface area contributed by atoms with Crippen LogP contribution < -0.4 is 0 Å². The predicted molar refractivity (Wildman–Crippen MR) is 65.3 cm³/mol. The number of benzene rings is 1. The van der Waals surface area contributed by atoms with E-state index in [4.69, 9.17) is 4.52 Å². The topological polar surface area (TPSA) is 26.3 Å². The van der Waals surface area contributed by atoms with E-state index in [1.807, 2.05) is 32.9 Å². The summed E-state index contributed by atoms with van der Waals surface area (Å²) in [4.78, 5) is 11.9. The maximum absolute atomic E-state index is 11.9. The quantitative estimate of drug-likeness (QED) is 0.580. The van der Waals surface area contributed by atoms with E-state index in [0.29, 0.717) is 13.0 Å². The van der Waals surface area contributed by atoms with Crippen LogP contribution in [0.5, 0.6) is 0 Å². The zero-order chi connectivity index (χ0) is 11.4. The average molecular weight is 224 g/mol. The third kappa shape index (κ3) is 3.12. The standard InChI is InChI=1S/C12H17O2P/c1-8-6-9(2)12(10(3)7-8)11(13)4-5-14-15/h6-7H,4-5,15H2,1-3H3. The molecule has 0 heterocycles. The molecule has 0 amide bonds. The lowest BCUT2D eigenvalue weighted by atomic mass is 9.95. The molecule has 0 fully saturated rings. The first-order valence-electron chi connectivity index (χ1n) is 4.99. The molecule has 1 aromatic rings. The summed E-state index contributed by atoms with van der Waals surface area (Å²) in [6.45, 7) is 6.46. The highest BCUT2D eigenvalue weighted by molar-refractivity contribution is 7.09. The Kier molecular flexibility index (Phi) is 4.44. The third-order valence-corrected chi connectivity index (χ3v) is 2.64. The fourth-order valence-electron chi connectivity index (χ4n) is 1.90. The van der Waals surface area contributed by atoms with Gasteiger partial charge in [0.15, 0.2) is 5.78 Å². The van der Waals surface area contributed by atoms with Gasteiger partial charge in [-0.05, 0) is 31.9 Å². The van der Waals surface area contributed by atoms with Crippen molar-refractivity contribution in [2.45, 2.75) is 27.2 Å². The molecule has 0 aromatic heterocycles. The fourth-order valence-corrected chi connectivity index (χ4v) is 2.01. The second-order valence-electron chi connectivity index (χ2n) is 3.82. The molecule has 1 unspecified atom stereocenters. The smallest absolute Gasteiger partial charge is 0.165 e. The molecule has 0 aliphatic heterocycles. The second kappa shape index (κ2) is 5.39. The number of aryl methyl sites for hydroxylation is 3. The zero-order valence-electron chi connectivity index (χ0n) is 9.46. The van der Waals surface area contributed by atoms with Gasteiger partial charge in [-0.15, -0.1) is 0 Å². The van der Waals surface area contributed by atoms with Gasteiger partial charge < -0.3 is 4.52 Å². The minimum absolute atomic E-state index is 0.160. The fraction of sp³-hybridized carbons (Fsp3) is 0.417. The van der Waals surface area contributed by atoms with Crippen LogP contribution in [0.1, 0.15) is 33.5 Å². The van der Waals surface area contributed by atoms with Crippen LogP contribution in [-0.2, 0) is 4.52 Å². The van der Waals surface area contributed by atoms with Gasteiger partial charge in [-0.1, -0.05) is 17.7 Å². The van der Waals surface area contributed by atoms with Crippen molar-refractivity contribution in [2.24, 2.45) is 0 Å². The molecule has 82 valence electrons. The normalized spacial score (nSPS) is 10.4. The van der Waals surface area contributed by atoms with Gasteiger partial charge in [0.2, 0.25) is 0 Å². The highest BCUT2D eigenvalue weighted by Gasteiger charge is 2.12. The summed E-state index contributed by atoms with van der Waals surface area (Å²) in [5.41, 5.74) is 4.16. The van der Waals surface area contributed by atoms with E-state index in [0.717, 1.165) is 16.7 Å². The molecule has 1 rings (SSSR count). The van der Waals surface area contributed by atoms with Crippen LogP contribution in [0.4, 0.5) is 0 Å². The molecule has 0 saturated carbocycles. The molecule has 0 aliphatic carbocycles. The number of carbonyl (C=O) groups is 1. The Bertz CT molecular complexity index is 349. The van der Waals surface area contributed by atoms with Crippen LogP contribution in [0.25, 0.3) is 0 Å². The van der Waals surface area contributed by atoms with Gasteiger partial charge in [0.25, 0.3) is 0 Å². The number of hydrogen-bond acceptors (Lipinski definition) is 2. The number of rotatable bonds is 4. The molecule has 3 heteroatoms. The second-order valence-corrected chi connectivity index (χ2v) is 4.15. The summed E-state index contributed by atoms with van der Waals surface area (Å²) >= 11 is 0. The molecule has 0 saturated heterocycles. The van der Waals surface area contributed by atoms with E-state index in [2.05, 4.69) is 9.47 Å². The molecule has 0 bridgehead atoms. The lowest BCUT2D eigenvalue weighted by Crippen LogP contribution is -2.07. The van der Waals surface area contributed by atoms with E-state index in [1.165, 1.54) is 5.56 Å². The average Bonchev–Trinajstić information content (AvgIpc) is 2.12. The summed E-state index contributed by atoms with van der Waals surface area (Å²) in [7, 11) is 2.16. The predicted octanol–water partition coefficient (Wildman–Crippen LogP) is 2.99. The first kappa shape index (κ1) is 12.4. The highest BCUT2D eigenvalue weighted by atomic mass is 31.0. The molecule has 15 heavy (non-hydrogen) atoms. The molecular formula is C12H17O2P. The van der Waals surface area contributed by atoms with Crippen molar-refractivity contribution in [3.63, 3.8) is 0 Å². The van der Waals surface area contributed by atoms with Crippen LogP contribution in [0.3, 0.4) is 0 Å². The van der Waals surface area contributed by atoms with Gasteiger partial charge in [-0.3, -0.25) is 4.79 Å².